The van der Waals surface area contributed by atoms with E-state index < -0.39 is 0 Å². The van der Waals surface area contributed by atoms with Gasteiger partial charge in [-0.15, -0.1) is 0 Å². The van der Waals surface area contributed by atoms with Crippen LogP contribution >= 0.6 is 0 Å². The van der Waals surface area contributed by atoms with Gasteiger partial charge in [0, 0.05) is 5.41 Å². The molecule has 0 spiro atoms. The Morgan fingerprint density at radius 3 is 2.29 bits per heavy atom. The number of carbonyl (C=O) groups excluding carboxylic acids is 1. The van der Waals surface area contributed by atoms with E-state index in [1.165, 1.54) is 19.3 Å². The maximum absolute atomic E-state index is 12.0. The minimum absolute atomic E-state index is 0.0887. The Hall–Kier alpha value is -0.530. The molecule has 2 bridgehead atoms. The maximum atomic E-state index is 12.0. The number of hydrogen-bond donors (Lipinski definition) is 0. The number of esters is 1. The van der Waals surface area contributed by atoms with Crippen LogP contribution in [0.25, 0.3) is 0 Å². The fourth-order valence-electron chi connectivity index (χ4n) is 4.19. The van der Waals surface area contributed by atoms with Crippen molar-refractivity contribution in [2.75, 3.05) is 0 Å². The van der Waals surface area contributed by atoms with E-state index in [1.807, 2.05) is 0 Å². The summed E-state index contributed by atoms with van der Waals surface area (Å²) in [6.45, 7) is 7.06. The van der Waals surface area contributed by atoms with Gasteiger partial charge in [-0.05, 0) is 43.4 Å². The summed E-state index contributed by atoms with van der Waals surface area (Å²) in [5, 5.41) is 0. The summed E-state index contributed by atoms with van der Waals surface area (Å²) in [5.74, 6) is 1.07. The van der Waals surface area contributed by atoms with Crippen LogP contribution < -0.4 is 0 Å². The lowest BCUT2D eigenvalue weighted by Crippen LogP contribution is -2.40. The third-order valence-electron chi connectivity index (χ3n) is 6.41. The highest BCUT2D eigenvalue weighted by molar-refractivity contribution is 5.73. The number of fused-ring (bicyclic) bond motifs is 2. The van der Waals surface area contributed by atoms with Crippen LogP contribution in [0.2, 0.25) is 0 Å². The first kappa shape index (κ1) is 11.6. The van der Waals surface area contributed by atoms with Crippen LogP contribution in [0.1, 0.15) is 59.3 Å². The van der Waals surface area contributed by atoms with Crippen molar-refractivity contribution in [1.29, 1.82) is 0 Å². The summed E-state index contributed by atoms with van der Waals surface area (Å²) in [7, 11) is 0. The Balaban J connectivity index is 1.71. The Morgan fingerprint density at radius 1 is 1.18 bits per heavy atom. The van der Waals surface area contributed by atoms with Gasteiger partial charge in [-0.1, -0.05) is 27.2 Å². The normalized spacial score (nSPS) is 43.5. The van der Waals surface area contributed by atoms with E-state index in [1.54, 1.807) is 0 Å². The molecular weight excluding hydrogens is 212 g/mol. The lowest BCUT2D eigenvalue weighted by atomic mass is 9.70. The highest BCUT2D eigenvalue weighted by Crippen LogP contribution is 2.66. The SMILES string of the molecule is CC1(C)[C@@H]2CC[C@]1(C)C(OC(=O)C1CCC1)C2. The number of carbonyl (C=O) groups is 1. The Kier molecular flexibility index (Phi) is 2.37. The van der Waals surface area contributed by atoms with Crippen LogP contribution in [-0.2, 0) is 9.53 Å². The average Bonchev–Trinajstić information content (AvgIpc) is 2.47. The molecule has 96 valence electrons. The van der Waals surface area contributed by atoms with Crippen LogP contribution in [0, 0.1) is 22.7 Å². The summed E-state index contributed by atoms with van der Waals surface area (Å²) < 4.78 is 5.85. The molecule has 0 aromatic carbocycles. The van der Waals surface area contributed by atoms with E-state index >= 15 is 0 Å². The number of ether oxygens (including phenoxy) is 1. The van der Waals surface area contributed by atoms with Gasteiger partial charge in [-0.3, -0.25) is 4.79 Å². The molecule has 0 heterocycles. The second-order valence-electron chi connectivity index (χ2n) is 7.16. The van der Waals surface area contributed by atoms with E-state index in [-0.39, 0.29) is 23.4 Å². The first-order chi connectivity index (χ1) is 7.95. The lowest BCUT2D eigenvalue weighted by molar-refractivity contribution is -0.164. The Morgan fingerprint density at radius 2 is 1.88 bits per heavy atom. The largest absolute Gasteiger partial charge is 0.462 e. The van der Waals surface area contributed by atoms with Crippen molar-refractivity contribution in [1.82, 2.24) is 0 Å². The predicted octanol–water partition coefficient (Wildman–Crippen LogP) is 3.54. The predicted molar refractivity (Wildman–Crippen MR) is 66.5 cm³/mol. The molecule has 0 aromatic heterocycles. The molecule has 3 aliphatic rings. The van der Waals surface area contributed by atoms with Crippen LogP contribution in [0.5, 0.6) is 0 Å². The van der Waals surface area contributed by atoms with Crippen molar-refractivity contribution in [2.45, 2.75) is 65.4 Å². The van der Waals surface area contributed by atoms with Crippen LogP contribution in [0.15, 0.2) is 0 Å². The van der Waals surface area contributed by atoms with Crippen molar-refractivity contribution in [3.05, 3.63) is 0 Å². The lowest BCUT2D eigenvalue weighted by Gasteiger charge is -2.39. The first-order valence-electron chi connectivity index (χ1n) is 7.15. The van der Waals surface area contributed by atoms with E-state index in [0.717, 1.165) is 25.2 Å². The fraction of sp³-hybridized carbons (Fsp3) is 0.933. The van der Waals surface area contributed by atoms with Gasteiger partial charge in [0.25, 0.3) is 0 Å². The molecule has 3 fully saturated rings. The maximum Gasteiger partial charge on any atom is 0.309 e. The fourth-order valence-corrected chi connectivity index (χ4v) is 4.19. The number of hydrogen-bond acceptors (Lipinski definition) is 2. The van der Waals surface area contributed by atoms with Crippen LogP contribution in [0.4, 0.5) is 0 Å². The van der Waals surface area contributed by atoms with Crippen LogP contribution in [0.3, 0.4) is 0 Å². The summed E-state index contributed by atoms with van der Waals surface area (Å²) in [5.41, 5.74) is 0.564. The van der Waals surface area contributed by atoms with Crippen LogP contribution in [-0.4, -0.2) is 12.1 Å². The molecule has 3 aliphatic carbocycles. The van der Waals surface area contributed by atoms with Gasteiger partial charge >= 0.3 is 5.97 Å². The molecule has 1 unspecified atom stereocenters. The van der Waals surface area contributed by atoms with Gasteiger partial charge in [0.05, 0.1) is 5.92 Å². The van der Waals surface area contributed by atoms with Crippen molar-refractivity contribution in [2.24, 2.45) is 22.7 Å². The first-order valence-corrected chi connectivity index (χ1v) is 7.15. The molecule has 0 radical (unpaired) electrons. The van der Waals surface area contributed by atoms with Gasteiger partial charge in [0.2, 0.25) is 0 Å². The van der Waals surface area contributed by atoms with Crippen molar-refractivity contribution >= 4 is 5.97 Å². The molecule has 0 aliphatic heterocycles. The minimum Gasteiger partial charge on any atom is -0.462 e. The molecule has 0 amide bonds. The summed E-state index contributed by atoms with van der Waals surface area (Å²) in [4.78, 5) is 12.0. The van der Waals surface area contributed by atoms with E-state index in [9.17, 15) is 4.79 Å². The molecule has 2 heteroatoms. The van der Waals surface area contributed by atoms with Gasteiger partial charge < -0.3 is 4.74 Å². The molecule has 0 N–H and O–H groups in total. The van der Waals surface area contributed by atoms with Crippen molar-refractivity contribution < 1.29 is 9.53 Å². The third kappa shape index (κ3) is 1.42. The summed E-state index contributed by atoms with van der Waals surface area (Å²) in [6.07, 6.45) is 7.14. The Labute approximate surface area is 104 Å². The minimum atomic E-state index is 0.0887. The molecule has 3 rings (SSSR count). The monoisotopic (exact) mass is 236 g/mol. The zero-order chi connectivity index (χ0) is 12.3. The Bertz CT molecular complexity index is 343. The van der Waals surface area contributed by atoms with Gasteiger partial charge in [0.1, 0.15) is 6.10 Å². The smallest absolute Gasteiger partial charge is 0.309 e. The second-order valence-corrected chi connectivity index (χ2v) is 7.16. The third-order valence-corrected chi connectivity index (χ3v) is 6.41. The van der Waals surface area contributed by atoms with Gasteiger partial charge in [0.15, 0.2) is 0 Å². The highest BCUT2D eigenvalue weighted by Gasteiger charge is 2.63. The van der Waals surface area contributed by atoms with Gasteiger partial charge in [-0.2, -0.15) is 0 Å². The highest BCUT2D eigenvalue weighted by atomic mass is 16.5. The standard InChI is InChI=1S/C15H24O2/c1-14(2)11-7-8-15(14,3)12(9-11)17-13(16)10-5-4-6-10/h10-12H,4-9H2,1-3H3/t11-,12?,15-/m1/s1. The topological polar surface area (TPSA) is 26.3 Å². The van der Waals surface area contributed by atoms with E-state index in [0.29, 0.717) is 5.41 Å². The molecule has 3 atom stereocenters. The van der Waals surface area contributed by atoms with E-state index in [4.69, 9.17) is 4.74 Å². The van der Waals surface area contributed by atoms with E-state index in [2.05, 4.69) is 20.8 Å². The summed E-state index contributed by atoms with van der Waals surface area (Å²) in [6, 6.07) is 0. The quantitative estimate of drug-likeness (QED) is 0.685. The zero-order valence-corrected chi connectivity index (χ0v) is 11.3. The van der Waals surface area contributed by atoms with Crippen molar-refractivity contribution in [3.63, 3.8) is 0 Å². The second kappa shape index (κ2) is 3.49. The molecule has 2 nitrogen and oxygen atoms in total. The number of rotatable bonds is 2. The molecule has 3 saturated carbocycles. The molecule has 0 aromatic rings. The average molecular weight is 236 g/mol. The van der Waals surface area contributed by atoms with Gasteiger partial charge in [-0.25, -0.2) is 0 Å². The molecule has 17 heavy (non-hydrogen) atoms. The molecular formula is C15H24O2. The zero-order valence-electron chi connectivity index (χ0n) is 11.3. The molecule has 0 saturated heterocycles. The van der Waals surface area contributed by atoms with Crippen molar-refractivity contribution in [3.8, 4) is 0 Å². The summed E-state index contributed by atoms with van der Waals surface area (Å²) >= 11 is 0.